The van der Waals surface area contributed by atoms with Crippen molar-refractivity contribution < 1.29 is 14.3 Å². The molecule has 0 saturated carbocycles. The van der Waals surface area contributed by atoms with Gasteiger partial charge in [0.1, 0.15) is 11.5 Å². The summed E-state index contributed by atoms with van der Waals surface area (Å²) < 4.78 is 10.6. The second kappa shape index (κ2) is 7.49. The van der Waals surface area contributed by atoms with Crippen LogP contribution in [-0.4, -0.2) is 29.6 Å². The highest BCUT2D eigenvalue weighted by atomic mass is 32.1. The standard InChI is InChI=1S/C16H16N4O3S2/c1-9-14(12-8-24-15(17)19-12)25-16(18-9)20-13(21)7-23-11-5-3-4-10(6-11)22-2/h3-6,8H,7H2,1-2H3,(H2,17,19)(H,18,20,21). The average molecular weight is 376 g/mol. The summed E-state index contributed by atoms with van der Waals surface area (Å²) in [5.74, 6) is 0.935. The number of nitrogens with one attached hydrogen (secondary N) is 1. The van der Waals surface area contributed by atoms with E-state index in [-0.39, 0.29) is 12.5 Å². The number of nitrogen functional groups attached to an aromatic ring is 1. The molecular formula is C16H16N4O3S2. The minimum absolute atomic E-state index is 0.120. The topological polar surface area (TPSA) is 99.4 Å². The molecule has 0 unspecified atom stereocenters. The van der Waals surface area contributed by atoms with E-state index in [1.54, 1.807) is 31.4 Å². The van der Waals surface area contributed by atoms with Crippen molar-refractivity contribution in [1.29, 1.82) is 0 Å². The molecule has 0 bridgehead atoms. The van der Waals surface area contributed by atoms with Gasteiger partial charge in [0.15, 0.2) is 16.9 Å². The fourth-order valence-corrected chi connectivity index (χ4v) is 3.65. The molecule has 130 valence electrons. The Kier molecular flexibility index (Phi) is 5.15. The number of carbonyl (C=O) groups is 1. The molecule has 0 radical (unpaired) electrons. The first-order chi connectivity index (χ1) is 12.0. The van der Waals surface area contributed by atoms with Crippen molar-refractivity contribution >= 4 is 38.8 Å². The Morgan fingerprint density at radius 3 is 2.84 bits per heavy atom. The second-order valence-corrected chi connectivity index (χ2v) is 6.91. The molecule has 0 aliphatic carbocycles. The lowest BCUT2D eigenvalue weighted by Crippen LogP contribution is -2.20. The number of hydrogen-bond donors (Lipinski definition) is 2. The molecule has 0 spiro atoms. The van der Waals surface area contributed by atoms with Crippen LogP contribution in [0.5, 0.6) is 11.5 Å². The van der Waals surface area contributed by atoms with E-state index in [0.717, 1.165) is 16.3 Å². The minimum Gasteiger partial charge on any atom is -0.497 e. The van der Waals surface area contributed by atoms with Crippen molar-refractivity contribution in [1.82, 2.24) is 9.97 Å². The van der Waals surface area contributed by atoms with Crippen LogP contribution < -0.4 is 20.5 Å². The number of rotatable bonds is 6. The van der Waals surface area contributed by atoms with E-state index in [0.29, 0.717) is 21.8 Å². The third-order valence-corrected chi connectivity index (χ3v) is 4.98. The summed E-state index contributed by atoms with van der Waals surface area (Å²) in [7, 11) is 1.57. The first kappa shape index (κ1) is 17.2. The normalized spacial score (nSPS) is 10.5. The zero-order valence-corrected chi connectivity index (χ0v) is 15.2. The first-order valence-corrected chi connectivity index (χ1v) is 9.00. The molecule has 2 aromatic heterocycles. The number of anilines is 2. The maximum absolute atomic E-state index is 12.1. The Labute approximate surface area is 152 Å². The predicted molar refractivity (Wildman–Crippen MR) is 99.5 cm³/mol. The van der Waals surface area contributed by atoms with Gasteiger partial charge in [-0.2, -0.15) is 0 Å². The van der Waals surface area contributed by atoms with Crippen LogP contribution in [0.4, 0.5) is 10.3 Å². The van der Waals surface area contributed by atoms with Gasteiger partial charge in [0.05, 0.1) is 23.4 Å². The van der Waals surface area contributed by atoms with Crippen molar-refractivity contribution in [2.75, 3.05) is 24.8 Å². The van der Waals surface area contributed by atoms with Crippen LogP contribution in [0, 0.1) is 6.92 Å². The molecule has 2 heterocycles. The monoisotopic (exact) mass is 376 g/mol. The Balaban J connectivity index is 1.61. The van der Waals surface area contributed by atoms with E-state index in [4.69, 9.17) is 15.2 Å². The van der Waals surface area contributed by atoms with Crippen LogP contribution >= 0.6 is 22.7 Å². The first-order valence-electron chi connectivity index (χ1n) is 7.30. The Morgan fingerprint density at radius 2 is 2.12 bits per heavy atom. The number of aryl methyl sites for hydroxylation is 1. The number of aromatic nitrogens is 2. The van der Waals surface area contributed by atoms with Crippen LogP contribution in [0.15, 0.2) is 29.6 Å². The van der Waals surface area contributed by atoms with Crippen LogP contribution in [0.2, 0.25) is 0 Å². The molecule has 3 rings (SSSR count). The van der Waals surface area contributed by atoms with Gasteiger partial charge in [-0.25, -0.2) is 9.97 Å². The minimum atomic E-state index is -0.291. The predicted octanol–water partition coefficient (Wildman–Crippen LogP) is 3.18. The molecule has 0 saturated heterocycles. The van der Waals surface area contributed by atoms with Crippen molar-refractivity contribution in [3.05, 3.63) is 35.3 Å². The summed E-state index contributed by atoms with van der Waals surface area (Å²) in [5, 5.41) is 5.60. The molecule has 0 aliphatic heterocycles. The van der Waals surface area contributed by atoms with E-state index < -0.39 is 0 Å². The Bertz CT molecular complexity index is 891. The number of hydrogen-bond acceptors (Lipinski definition) is 8. The summed E-state index contributed by atoms with van der Waals surface area (Å²) in [4.78, 5) is 21.6. The molecule has 9 heteroatoms. The highest BCUT2D eigenvalue weighted by molar-refractivity contribution is 7.19. The summed E-state index contributed by atoms with van der Waals surface area (Å²) in [6.45, 7) is 1.74. The smallest absolute Gasteiger partial charge is 0.264 e. The fraction of sp³-hybridized carbons (Fsp3) is 0.188. The van der Waals surface area contributed by atoms with E-state index in [2.05, 4.69) is 15.3 Å². The molecule has 3 aromatic rings. The third-order valence-electron chi connectivity index (χ3n) is 3.21. The molecule has 7 nitrogen and oxygen atoms in total. The molecule has 0 aliphatic rings. The van der Waals surface area contributed by atoms with E-state index in [1.807, 2.05) is 12.3 Å². The molecule has 1 aromatic carbocycles. The molecule has 1 amide bonds. The Hall–Kier alpha value is -2.65. The number of amides is 1. The maximum atomic E-state index is 12.1. The van der Waals surface area contributed by atoms with Crippen LogP contribution in [0.3, 0.4) is 0 Å². The highest BCUT2D eigenvalue weighted by Gasteiger charge is 2.14. The summed E-state index contributed by atoms with van der Waals surface area (Å²) in [6.07, 6.45) is 0. The van der Waals surface area contributed by atoms with E-state index >= 15 is 0 Å². The lowest BCUT2D eigenvalue weighted by atomic mass is 10.3. The van der Waals surface area contributed by atoms with Gasteiger partial charge in [-0.15, -0.1) is 11.3 Å². The Morgan fingerprint density at radius 1 is 1.32 bits per heavy atom. The molecule has 25 heavy (non-hydrogen) atoms. The molecular weight excluding hydrogens is 360 g/mol. The number of carbonyl (C=O) groups excluding carboxylic acids is 1. The lowest BCUT2D eigenvalue weighted by Gasteiger charge is -2.07. The fourth-order valence-electron chi connectivity index (χ4n) is 2.07. The number of benzene rings is 1. The summed E-state index contributed by atoms with van der Waals surface area (Å²) in [6, 6.07) is 7.07. The summed E-state index contributed by atoms with van der Waals surface area (Å²) >= 11 is 2.72. The van der Waals surface area contributed by atoms with Crippen LogP contribution in [-0.2, 0) is 4.79 Å². The van der Waals surface area contributed by atoms with E-state index in [9.17, 15) is 4.79 Å². The zero-order chi connectivity index (χ0) is 17.8. The molecule has 3 N–H and O–H groups in total. The molecule has 0 fully saturated rings. The molecule has 0 atom stereocenters. The van der Waals surface area contributed by atoms with Gasteiger partial charge >= 0.3 is 0 Å². The van der Waals surface area contributed by atoms with Crippen molar-refractivity contribution in [2.45, 2.75) is 6.92 Å². The average Bonchev–Trinajstić information content (AvgIpc) is 3.18. The number of thiazole rings is 2. The third kappa shape index (κ3) is 4.25. The number of nitrogens with two attached hydrogens (primary N) is 1. The zero-order valence-electron chi connectivity index (χ0n) is 13.6. The maximum Gasteiger partial charge on any atom is 0.264 e. The van der Waals surface area contributed by atoms with Crippen molar-refractivity contribution in [2.24, 2.45) is 0 Å². The van der Waals surface area contributed by atoms with Gasteiger partial charge in [0.2, 0.25) is 0 Å². The van der Waals surface area contributed by atoms with Crippen LogP contribution in [0.25, 0.3) is 10.6 Å². The SMILES string of the molecule is COc1cccc(OCC(=O)Nc2nc(C)c(-c3csc(N)n3)s2)c1. The van der Waals surface area contributed by atoms with Crippen LogP contribution in [0.1, 0.15) is 5.69 Å². The second-order valence-electron chi connectivity index (χ2n) is 5.02. The largest absolute Gasteiger partial charge is 0.497 e. The van der Waals surface area contributed by atoms with Gasteiger partial charge in [0.25, 0.3) is 5.91 Å². The quantitative estimate of drug-likeness (QED) is 0.685. The van der Waals surface area contributed by atoms with Crippen molar-refractivity contribution in [3.8, 4) is 22.1 Å². The van der Waals surface area contributed by atoms with Gasteiger partial charge < -0.3 is 15.2 Å². The summed E-state index contributed by atoms with van der Waals surface area (Å²) in [5.41, 5.74) is 7.23. The lowest BCUT2D eigenvalue weighted by molar-refractivity contribution is -0.118. The number of nitrogens with zero attached hydrogens (tertiary/aromatic N) is 2. The van der Waals surface area contributed by atoms with E-state index in [1.165, 1.54) is 22.7 Å². The van der Waals surface area contributed by atoms with Gasteiger partial charge in [-0.05, 0) is 19.1 Å². The van der Waals surface area contributed by atoms with Gasteiger partial charge in [-0.1, -0.05) is 17.4 Å². The van der Waals surface area contributed by atoms with Gasteiger partial charge in [-0.3, -0.25) is 10.1 Å². The highest BCUT2D eigenvalue weighted by Crippen LogP contribution is 2.33. The number of ether oxygens (including phenoxy) is 2. The number of methoxy groups -OCH3 is 1. The van der Waals surface area contributed by atoms with Gasteiger partial charge in [0, 0.05) is 11.4 Å². The van der Waals surface area contributed by atoms with Crippen molar-refractivity contribution in [3.63, 3.8) is 0 Å².